The fourth-order valence-corrected chi connectivity index (χ4v) is 3.96. The molecule has 0 radical (unpaired) electrons. The maximum absolute atomic E-state index is 12.6. The summed E-state index contributed by atoms with van der Waals surface area (Å²) in [6.07, 6.45) is 1.09. The normalized spacial score (nSPS) is 15.8. The number of benzene rings is 2. The number of nitrogens with zero attached hydrogens (tertiary/aromatic N) is 2. The summed E-state index contributed by atoms with van der Waals surface area (Å²) in [6, 6.07) is 16.8. The molecule has 5 nitrogen and oxygen atoms in total. The second kappa shape index (κ2) is 10.5. The summed E-state index contributed by atoms with van der Waals surface area (Å²) in [5, 5.41) is 3.15. The van der Waals surface area contributed by atoms with Crippen LogP contribution in [0, 0.1) is 5.92 Å². The Morgan fingerprint density at radius 1 is 1.03 bits per heavy atom. The first-order chi connectivity index (χ1) is 14.4. The fraction of sp³-hybridized carbons (Fsp3) is 0.480. The van der Waals surface area contributed by atoms with Gasteiger partial charge in [-0.1, -0.05) is 44.2 Å². The Balaban J connectivity index is 1.45. The van der Waals surface area contributed by atoms with Crippen LogP contribution in [0.25, 0.3) is 0 Å². The van der Waals surface area contributed by atoms with Crippen LogP contribution in [0.3, 0.4) is 0 Å². The highest BCUT2D eigenvalue weighted by Crippen LogP contribution is 2.22. The zero-order chi connectivity index (χ0) is 21.5. The van der Waals surface area contributed by atoms with Gasteiger partial charge in [0.1, 0.15) is 5.75 Å². The summed E-state index contributed by atoms with van der Waals surface area (Å²) in [7, 11) is 1.69. The monoisotopic (exact) mass is 409 g/mol. The van der Waals surface area contributed by atoms with E-state index in [0.717, 1.165) is 43.9 Å². The molecule has 162 valence electrons. The first kappa shape index (κ1) is 22.2. The van der Waals surface area contributed by atoms with Gasteiger partial charge in [0, 0.05) is 37.9 Å². The molecule has 0 spiro atoms. The molecule has 5 heteroatoms. The van der Waals surface area contributed by atoms with E-state index in [2.05, 4.69) is 72.3 Å². The van der Waals surface area contributed by atoms with Crippen LogP contribution < -0.4 is 15.0 Å². The molecule has 0 bridgehead atoms. The largest absolute Gasteiger partial charge is 0.497 e. The molecular formula is C25H35N3O2. The quantitative estimate of drug-likeness (QED) is 0.718. The molecule has 0 saturated carbocycles. The van der Waals surface area contributed by atoms with Crippen molar-refractivity contribution in [3.05, 3.63) is 59.7 Å². The van der Waals surface area contributed by atoms with Gasteiger partial charge in [0.2, 0.25) is 5.91 Å². The highest BCUT2D eigenvalue weighted by Gasteiger charge is 2.20. The van der Waals surface area contributed by atoms with Gasteiger partial charge in [-0.15, -0.1) is 0 Å². The molecule has 1 atom stereocenters. The number of rotatable bonds is 8. The standard InChI is InChI=1S/C25H35N3O2/c1-19(2)16-21-8-10-22(11-9-21)20(3)26-25(29)18-27-12-14-28(15-13-27)23-6-5-7-24(17-23)30-4/h5-11,17,19-20H,12-16,18H2,1-4H3,(H,26,29). The third-order valence-corrected chi connectivity index (χ3v) is 5.66. The maximum atomic E-state index is 12.6. The van der Waals surface area contributed by atoms with Crippen LogP contribution in [0.5, 0.6) is 5.75 Å². The first-order valence-electron chi connectivity index (χ1n) is 10.9. The van der Waals surface area contributed by atoms with E-state index >= 15 is 0 Å². The van der Waals surface area contributed by atoms with Gasteiger partial charge in [-0.3, -0.25) is 9.69 Å². The summed E-state index contributed by atoms with van der Waals surface area (Å²) >= 11 is 0. The highest BCUT2D eigenvalue weighted by molar-refractivity contribution is 5.78. The molecule has 1 aliphatic rings. The number of methoxy groups -OCH3 is 1. The maximum Gasteiger partial charge on any atom is 0.234 e. The van der Waals surface area contributed by atoms with E-state index in [4.69, 9.17) is 4.74 Å². The van der Waals surface area contributed by atoms with Gasteiger partial charge in [0.05, 0.1) is 19.7 Å². The molecule has 1 unspecified atom stereocenters. The molecule has 3 rings (SSSR count). The Hall–Kier alpha value is -2.53. The van der Waals surface area contributed by atoms with Crippen molar-refractivity contribution < 1.29 is 9.53 Å². The number of nitrogens with one attached hydrogen (secondary N) is 1. The van der Waals surface area contributed by atoms with E-state index in [-0.39, 0.29) is 11.9 Å². The second-order valence-electron chi connectivity index (χ2n) is 8.59. The van der Waals surface area contributed by atoms with Gasteiger partial charge >= 0.3 is 0 Å². The lowest BCUT2D eigenvalue weighted by Crippen LogP contribution is -2.49. The molecule has 1 aliphatic heterocycles. The van der Waals surface area contributed by atoms with Crippen molar-refractivity contribution in [3.63, 3.8) is 0 Å². The summed E-state index contributed by atoms with van der Waals surface area (Å²) in [5.74, 6) is 1.61. The number of hydrogen-bond acceptors (Lipinski definition) is 4. The molecule has 1 heterocycles. The number of anilines is 1. The van der Waals surface area contributed by atoms with Crippen LogP contribution >= 0.6 is 0 Å². The first-order valence-corrected chi connectivity index (χ1v) is 10.9. The van der Waals surface area contributed by atoms with Gasteiger partial charge in [0.15, 0.2) is 0 Å². The zero-order valence-corrected chi connectivity index (χ0v) is 18.7. The van der Waals surface area contributed by atoms with Crippen molar-refractivity contribution in [3.8, 4) is 5.75 Å². The third-order valence-electron chi connectivity index (χ3n) is 5.66. The SMILES string of the molecule is COc1cccc(N2CCN(CC(=O)NC(C)c3ccc(CC(C)C)cc3)CC2)c1. The van der Waals surface area contributed by atoms with Crippen molar-refractivity contribution in [2.75, 3.05) is 44.7 Å². The van der Waals surface area contributed by atoms with E-state index in [0.29, 0.717) is 12.5 Å². The smallest absolute Gasteiger partial charge is 0.234 e. The summed E-state index contributed by atoms with van der Waals surface area (Å²) in [4.78, 5) is 17.1. The molecule has 2 aromatic carbocycles. The van der Waals surface area contributed by atoms with Crippen LogP contribution in [0.15, 0.2) is 48.5 Å². The minimum atomic E-state index is 0.0173. The summed E-state index contributed by atoms with van der Waals surface area (Å²) in [6.45, 7) is 10.5. The Morgan fingerprint density at radius 2 is 1.73 bits per heavy atom. The average molecular weight is 410 g/mol. The van der Waals surface area contributed by atoms with E-state index in [1.807, 2.05) is 12.1 Å². The average Bonchev–Trinajstić information content (AvgIpc) is 2.74. The van der Waals surface area contributed by atoms with Crippen LogP contribution in [0.2, 0.25) is 0 Å². The Kier molecular flexibility index (Phi) is 7.75. The fourth-order valence-electron chi connectivity index (χ4n) is 3.96. The molecule has 2 aromatic rings. The predicted molar refractivity (Wildman–Crippen MR) is 123 cm³/mol. The van der Waals surface area contributed by atoms with Crippen LogP contribution in [0.1, 0.15) is 37.9 Å². The topological polar surface area (TPSA) is 44.8 Å². The second-order valence-corrected chi connectivity index (χ2v) is 8.59. The minimum Gasteiger partial charge on any atom is -0.497 e. The van der Waals surface area contributed by atoms with E-state index in [9.17, 15) is 4.79 Å². The molecule has 1 N–H and O–H groups in total. The van der Waals surface area contributed by atoms with E-state index < -0.39 is 0 Å². The number of amides is 1. The molecule has 0 aliphatic carbocycles. The Labute approximate surface area is 181 Å². The molecule has 1 saturated heterocycles. The van der Waals surface area contributed by atoms with Crippen molar-refractivity contribution in [2.45, 2.75) is 33.2 Å². The molecule has 0 aromatic heterocycles. The number of carbonyl (C=O) groups excluding carboxylic acids is 1. The van der Waals surface area contributed by atoms with E-state index in [1.54, 1.807) is 7.11 Å². The third kappa shape index (κ3) is 6.23. The minimum absolute atomic E-state index is 0.0173. The van der Waals surface area contributed by atoms with Gasteiger partial charge < -0.3 is 15.0 Å². The number of hydrogen-bond donors (Lipinski definition) is 1. The lowest BCUT2D eigenvalue weighted by Gasteiger charge is -2.36. The molecular weight excluding hydrogens is 374 g/mol. The van der Waals surface area contributed by atoms with Crippen molar-refractivity contribution >= 4 is 11.6 Å². The van der Waals surface area contributed by atoms with Gasteiger partial charge in [-0.2, -0.15) is 0 Å². The van der Waals surface area contributed by atoms with Crippen molar-refractivity contribution in [1.82, 2.24) is 10.2 Å². The van der Waals surface area contributed by atoms with Gasteiger partial charge in [-0.25, -0.2) is 0 Å². The summed E-state index contributed by atoms with van der Waals surface area (Å²) in [5.41, 5.74) is 3.67. The van der Waals surface area contributed by atoms with Gasteiger partial charge in [-0.05, 0) is 42.5 Å². The lowest BCUT2D eigenvalue weighted by atomic mass is 10.00. The van der Waals surface area contributed by atoms with Crippen molar-refractivity contribution in [2.24, 2.45) is 5.92 Å². The number of piperazine rings is 1. The zero-order valence-electron chi connectivity index (χ0n) is 18.7. The van der Waals surface area contributed by atoms with Crippen molar-refractivity contribution in [1.29, 1.82) is 0 Å². The number of carbonyl (C=O) groups is 1. The van der Waals surface area contributed by atoms with Crippen LogP contribution in [-0.4, -0.2) is 50.6 Å². The van der Waals surface area contributed by atoms with E-state index in [1.165, 1.54) is 11.3 Å². The highest BCUT2D eigenvalue weighted by atomic mass is 16.5. The molecule has 1 fully saturated rings. The number of ether oxygens (including phenoxy) is 1. The van der Waals surface area contributed by atoms with Crippen LogP contribution in [-0.2, 0) is 11.2 Å². The lowest BCUT2D eigenvalue weighted by molar-refractivity contribution is -0.123. The molecule has 30 heavy (non-hydrogen) atoms. The van der Waals surface area contributed by atoms with Gasteiger partial charge in [0.25, 0.3) is 0 Å². The predicted octanol–water partition coefficient (Wildman–Crippen LogP) is 3.89. The Bertz CT molecular complexity index is 811. The van der Waals surface area contributed by atoms with Crippen LogP contribution in [0.4, 0.5) is 5.69 Å². The molecule has 1 amide bonds. The summed E-state index contributed by atoms with van der Waals surface area (Å²) < 4.78 is 5.33. The Morgan fingerprint density at radius 3 is 2.37 bits per heavy atom.